The maximum Gasteiger partial charge on any atom is 0.269 e. The number of nitrogens with one attached hydrogen (secondary N) is 1. The molecule has 1 aliphatic heterocycles. The zero-order valence-corrected chi connectivity index (χ0v) is 19.1. The number of pyridine rings is 1. The van der Waals surface area contributed by atoms with E-state index in [1.54, 1.807) is 12.1 Å². The molecule has 32 heavy (non-hydrogen) atoms. The molecule has 1 aliphatic rings. The standard InChI is InChI=1S/C20H22ClN5O5S/c1-4-19(27)26-8-13(10-32(3,29)30)31-17(9-26)12-5-15(25-18(21)6-12)14-7-16(20(28)22-2)24-11-23-14/h4-7,11,13,17H,1,8-10H2,2-3H3,(H,22,28)/t13-,17-/m0/s1. The van der Waals surface area contributed by atoms with Gasteiger partial charge in [0.05, 0.1) is 29.8 Å². The van der Waals surface area contributed by atoms with E-state index in [1.807, 2.05) is 0 Å². The van der Waals surface area contributed by atoms with E-state index in [0.717, 1.165) is 6.26 Å². The first-order chi connectivity index (χ1) is 15.1. The molecule has 0 bridgehead atoms. The van der Waals surface area contributed by atoms with Crippen molar-refractivity contribution in [3.05, 3.63) is 53.6 Å². The van der Waals surface area contributed by atoms with Crippen molar-refractivity contribution >= 4 is 33.3 Å². The Hall–Kier alpha value is -2.89. The summed E-state index contributed by atoms with van der Waals surface area (Å²) in [6.07, 6.45) is 2.15. The van der Waals surface area contributed by atoms with Gasteiger partial charge in [0.2, 0.25) is 5.91 Å². The van der Waals surface area contributed by atoms with Gasteiger partial charge in [0.1, 0.15) is 33.1 Å². The van der Waals surface area contributed by atoms with Crippen LogP contribution in [0.25, 0.3) is 11.4 Å². The predicted molar refractivity (Wildman–Crippen MR) is 118 cm³/mol. The van der Waals surface area contributed by atoms with E-state index in [9.17, 15) is 18.0 Å². The number of morpholine rings is 1. The number of ether oxygens (including phenoxy) is 1. The molecule has 0 radical (unpaired) electrons. The molecule has 2 aromatic rings. The Morgan fingerprint density at radius 1 is 1.28 bits per heavy atom. The summed E-state index contributed by atoms with van der Waals surface area (Å²) in [4.78, 5) is 38.0. The average molecular weight is 480 g/mol. The van der Waals surface area contributed by atoms with Gasteiger partial charge in [-0.05, 0) is 29.8 Å². The van der Waals surface area contributed by atoms with Crippen molar-refractivity contribution in [1.29, 1.82) is 0 Å². The summed E-state index contributed by atoms with van der Waals surface area (Å²) in [6.45, 7) is 3.81. The number of hydrogen-bond acceptors (Lipinski definition) is 8. The first-order valence-corrected chi connectivity index (χ1v) is 12.0. The fourth-order valence-electron chi connectivity index (χ4n) is 3.34. The Morgan fingerprint density at radius 3 is 2.69 bits per heavy atom. The monoisotopic (exact) mass is 479 g/mol. The number of hydrogen-bond donors (Lipinski definition) is 1. The van der Waals surface area contributed by atoms with Crippen LogP contribution >= 0.6 is 11.6 Å². The molecule has 0 aromatic carbocycles. The maximum absolute atomic E-state index is 12.2. The number of aromatic nitrogens is 3. The van der Waals surface area contributed by atoms with Gasteiger partial charge in [0, 0.05) is 19.8 Å². The van der Waals surface area contributed by atoms with Crippen LogP contribution in [0.15, 0.2) is 37.2 Å². The molecule has 1 N–H and O–H groups in total. The second-order valence-electron chi connectivity index (χ2n) is 7.26. The van der Waals surface area contributed by atoms with Crippen molar-refractivity contribution in [2.75, 3.05) is 32.1 Å². The highest BCUT2D eigenvalue weighted by Crippen LogP contribution is 2.30. The minimum Gasteiger partial charge on any atom is -0.366 e. The smallest absolute Gasteiger partial charge is 0.269 e. The molecule has 10 nitrogen and oxygen atoms in total. The van der Waals surface area contributed by atoms with Crippen LogP contribution in [0.1, 0.15) is 22.2 Å². The van der Waals surface area contributed by atoms with Crippen LogP contribution in [0.5, 0.6) is 0 Å². The van der Waals surface area contributed by atoms with E-state index in [1.165, 1.54) is 30.4 Å². The van der Waals surface area contributed by atoms with Gasteiger partial charge in [0.15, 0.2) is 0 Å². The molecule has 1 saturated heterocycles. The summed E-state index contributed by atoms with van der Waals surface area (Å²) in [5.41, 5.74) is 1.48. The van der Waals surface area contributed by atoms with Crippen molar-refractivity contribution in [3.63, 3.8) is 0 Å². The van der Waals surface area contributed by atoms with Gasteiger partial charge in [-0.1, -0.05) is 18.2 Å². The summed E-state index contributed by atoms with van der Waals surface area (Å²) < 4.78 is 29.6. The molecule has 1 fully saturated rings. The number of nitrogens with zero attached hydrogens (tertiary/aromatic N) is 4. The van der Waals surface area contributed by atoms with Crippen molar-refractivity contribution in [3.8, 4) is 11.4 Å². The van der Waals surface area contributed by atoms with Crippen LogP contribution in [0, 0.1) is 0 Å². The molecular formula is C20H22ClN5O5S. The Morgan fingerprint density at radius 2 is 2.03 bits per heavy atom. The second kappa shape index (κ2) is 9.72. The van der Waals surface area contributed by atoms with E-state index < -0.39 is 22.0 Å². The third-order valence-corrected chi connectivity index (χ3v) is 5.89. The first kappa shape index (κ1) is 23.8. The topological polar surface area (TPSA) is 131 Å². The summed E-state index contributed by atoms with van der Waals surface area (Å²) in [6, 6.07) is 4.73. The molecule has 2 aromatic heterocycles. The predicted octanol–water partition coefficient (Wildman–Crippen LogP) is 1.05. The average Bonchev–Trinajstić information content (AvgIpc) is 2.76. The molecule has 0 unspecified atom stereocenters. The molecule has 2 amide bonds. The van der Waals surface area contributed by atoms with Crippen LogP contribution in [0.4, 0.5) is 0 Å². The lowest BCUT2D eigenvalue weighted by Gasteiger charge is -2.37. The van der Waals surface area contributed by atoms with Crippen LogP contribution in [-0.2, 0) is 19.4 Å². The molecule has 2 atom stereocenters. The third kappa shape index (κ3) is 5.87. The normalized spacial score (nSPS) is 18.8. The molecule has 3 heterocycles. The molecule has 170 valence electrons. The zero-order valence-electron chi connectivity index (χ0n) is 17.5. The number of amides is 2. The van der Waals surface area contributed by atoms with E-state index in [-0.39, 0.29) is 41.5 Å². The zero-order chi connectivity index (χ0) is 23.5. The number of halogens is 1. The molecule has 3 rings (SSSR count). The number of carbonyl (C=O) groups is 2. The molecule has 0 saturated carbocycles. The highest BCUT2D eigenvalue weighted by atomic mass is 35.5. The Bertz CT molecular complexity index is 1160. The van der Waals surface area contributed by atoms with Crippen molar-refractivity contribution < 1.29 is 22.7 Å². The highest BCUT2D eigenvalue weighted by Gasteiger charge is 2.33. The number of carbonyl (C=O) groups excluding carboxylic acids is 2. The van der Waals surface area contributed by atoms with Gasteiger partial charge in [-0.25, -0.2) is 23.4 Å². The minimum absolute atomic E-state index is 0.126. The van der Waals surface area contributed by atoms with Gasteiger partial charge in [-0.3, -0.25) is 9.59 Å². The summed E-state index contributed by atoms with van der Waals surface area (Å²) in [7, 11) is -1.85. The van der Waals surface area contributed by atoms with E-state index in [4.69, 9.17) is 16.3 Å². The van der Waals surface area contributed by atoms with Gasteiger partial charge in [-0.2, -0.15) is 0 Å². The molecule has 12 heteroatoms. The fraction of sp³-hybridized carbons (Fsp3) is 0.350. The third-order valence-electron chi connectivity index (χ3n) is 4.72. The van der Waals surface area contributed by atoms with E-state index in [2.05, 4.69) is 26.8 Å². The van der Waals surface area contributed by atoms with Crippen molar-refractivity contribution in [2.45, 2.75) is 12.2 Å². The summed E-state index contributed by atoms with van der Waals surface area (Å²) >= 11 is 6.24. The second-order valence-corrected chi connectivity index (χ2v) is 9.83. The Labute approximate surface area is 190 Å². The molecule has 0 aliphatic carbocycles. The lowest BCUT2D eigenvalue weighted by Crippen LogP contribution is -2.48. The Kier molecular flexibility index (Phi) is 7.22. The van der Waals surface area contributed by atoms with Crippen LogP contribution in [-0.4, -0.2) is 78.3 Å². The van der Waals surface area contributed by atoms with Crippen molar-refractivity contribution in [2.24, 2.45) is 0 Å². The molecule has 0 spiro atoms. The highest BCUT2D eigenvalue weighted by molar-refractivity contribution is 7.90. The van der Waals surface area contributed by atoms with E-state index >= 15 is 0 Å². The fourth-order valence-corrected chi connectivity index (χ4v) is 4.42. The lowest BCUT2D eigenvalue weighted by molar-refractivity contribution is -0.139. The van der Waals surface area contributed by atoms with Gasteiger partial charge in [-0.15, -0.1) is 0 Å². The summed E-state index contributed by atoms with van der Waals surface area (Å²) in [5.74, 6) is -0.950. The number of rotatable bonds is 6. The minimum atomic E-state index is -3.34. The Balaban J connectivity index is 1.97. The van der Waals surface area contributed by atoms with Crippen LogP contribution < -0.4 is 5.32 Å². The first-order valence-electron chi connectivity index (χ1n) is 9.56. The summed E-state index contributed by atoms with van der Waals surface area (Å²) in [5, 5.41) is 2.63. The largest absolute Gasteiger partial charge is 0.366 e. The number of sulfone groups is 1. The van der Waals surface area contributed by atoms with Crippen LogP contribution in [0.2, 0.25) is 5.15 Å². The van der Waals surface area contributed by atoms with Gasteiger partial charge >= 0.3 is 0 Å². The molecular weight excluding hydrogens is 458 g/mol. The lowest BCUT2D eigenvalue weighted by atomic mass is 10.1. The van der Waals surface area contributed by atoms with E-state index in [0.29, 0.717) is 17.0 Å². The SMILES string of the molecule is C=CC(=O)N1C[C@@H](CS(C)(=O)=O)O[C@H](c2cc(Cl)nc(-c3cc(C(=O)NC)ncn3)c2)C1. The quantitative estimate of drug-likeness (QED) is 0.480. The maximum atomic E-state index is 12.2. The van der Waals surface area contributed by atoms with Crippen LogP contribution in [0.3, 0.4) is 0 Å². The van der Waals surface area contributed by atoms with Gasteiger partial charge < -0.3 is 15.0 Å². The van der Waals surface area contributed by atoms with Crippen molar-refractivity contribution in [1.82, 2.24) is 25.2 Å². The van der Waals surface area contributed by atoms with Gasteiger partial charge in [0.25, 0.3) is 5.91 Å².